The van der Waals surface area contributed by atoms with E-state index in [0.717, 1.165) is 37.9 Å². The maximum absolute atomic E-state index is 6.19. The van der Waals surface area contributed by atoms with Crippen molar-refractivity contribution in [2.45, 2.75) is 45.0 Å². The quantitative estimate of drug-likeness (QED) is 0.597. The van der Waals surface area contributed by atoms with Gasteiger partial charge in [0.15, 0.2) is 0 Å². The average molecular weight is 432 g/mol. The van der Waals surface area contributed by atoms with Gasteiger partial charge in [-0.1, -0.05) is 60.7 Å². The first kappa shape index (κ1) is 22.6. The van der Waals surface area contributed by atoms with Crippen LogP contribution in [-0.2, 0) is 17.8 Å². The third-order valence-corrected chi connectivity index (χ3v) is 6.69. The summed E-state index contributed by atoms with van der Waals surface area (Å²) in [5.74, 6) is 1.42. The highest BCUT2D eigenvalue weighted by Crippen LogP contribution is 2.31. The van der Waals surface area contributed by atoms with Crippen LogP contribution in [0, 0.1) is 11.8 Å². The van der Waals surface area contributed by atoms with Gasteiger partial charge in [-0.3, -0.25) is 4.90 Å². The fraction of sp³-hybridized carbons (Fsp3) is 0.429. The minimum Gasteiger partial charge on any atom is -0.398 e. The summed E-state index contributed by atoms with van der Waals surface area (Å²) >= 11 is 0. The van der Waals surface area contributed by atoms with Crippen LogP contribution in [0.5, 0.6) is 0 Å². The number of allylic oxidation sites excluding steroid dienone is 1. The summed E-state index contributed by atoms with van der Waals surface area (Å²) < 4.78 is 6.19. The molecular formula is C28H37N3O. The molecule has 0 aromatic heterocycles. The molecule has 1 aliphatic heterocycles. The van der Waals surface area contributed by atoms with E-state index in [2.05, 4.69) is 65.6 Å². The van der Waals surface area contributed by atoms with Crippen LogP contribution in [0.4, 0.5) is 0 Å². The van der Waals surface area contributed by atoms with Gasteiger partial charge in [-0.2, -0.15) is 0 Å². The monoisotopic (exact) mass is 431 g/mol. The minimum absolute atomic E-state index is 0.00672. The first-order valence-electron chi connectivity index (χ1n) is 11.9. The van der Waals surface area contributed by atoms with E-state index in [1.54, 1.807) is 0 Å². The van der Waals surface area contributed by atoms with E-state index in [4.69, 9.17) is 10.5 Å². The summed E-state index contributed by atoms with van der Waals surface area (Å²) in [6.07, 6.45) is 11.0. The molecule has 32 heavy (non-hydrogen) atoms. The SMILES string of the molecule is CN1C=C(N)C=CC1OCC1CCC(CN(Cc2ccccc2)Cc2ccccc2)CC1. The first-order chi connectivity index (χ1) is 15.7. The van der Waals surface area contributed by atoms with Crippen LogP contribution in [0.1, 0.15) is 36.8 Å². The molecule has 2 aromatic rings. The summed E-state index contributed by atoms with van der Waals surface area (Å²) in [5.41, 5.74) is 9.42. The normalized spacial score (nSPS) is 23.4. The molecule has 0 radical (unpaired) electrons. The molecule has 1 fully saturated rings. The molecule has 170 valence electrons. The van der Waals surface area contributed by atoms with Crippen LogP contribution in [0.2, 0.25) is 0 Å². The Kier molecular flexibility index (Phi) is 8.02. The highest BCUT2D eigenvalue weighted by Gasteiger charge is 2.25. The Morgan fingerprint density at radius 2 is 1.44 bits per heavy atom. The Hall–Kier alpha value is -2.56. The zero-order chi connectivity index (χ0) is 22.2. The van der Waals surface area contributed by atoms with Gasteiger partial charge in [0.25, 0.3) is 0 Å². The van der Waals surface area contributed by atoms with Crippen LogP contribution in [0.15, 0.2) is 84.7 Å². The lowest BCUT2D eigenvalue weighted by Crippen LogP contribution is -2.34. The largest absolute Gasteiger partial charge is 0.398 e. The van der Waals surface area contributed by atoms with Gasteiger partial charge in [0.05, 0.1) is 6.61 Å². The number of hydrogen-bond donors (Lipinski definition) is 1. The molecular weight excluding hydrogens is 394 g/mol. The van der Waals surface area contributed by atoms with Gasteiger partial charge in [0.2, 0.25) is 0 Å². The molecule has 1 heterocycles. The van der Waals surface area contributed by atoms with Gasteiger partial charge in [0.1, 0.15) is 6.23 Å². The lowest BCUT2D eigenvalue weighted by molar-refractivity contribution is -0.0211. The second-order valence-corrected chi connectivity index (χ2v) is 9.41. The number of ether oxygens (including phenoxy) is 1. The molecule has 1 aliphatic carbocycles. The number of hydrogen-bond acceptors (Lipinski definition) is 4. The van der Waals surface area contributed by atoms with Gasteiger partial charge in [-0.15, -0.1) is 0 Å². The summed E-state index contributed by atoms with van der Waals surface area (Å²) in [6.45, 7) is 4.01. The second kappa shape index (κ2) is 11.3. The van der Waals surface area contributed by atoms with E-state index >= 15 is 0 Å². The number of likely N-dealkylation sites (N-methyl/N-ethyl adjacent to an activating group) is 1. The molecule has 0 bridgehead atoms. The molecule has 4 nitrogen and oxygen atoms in total. The minimum atomic E-state index is 0.00672. The maximum atomic E-state index is 6.19. The van der Waals surface area contributed by atoms with Crippen molar-refractivity contribution in [2.24, 2.45) is 17.6 Å². The van der Waals surface area contributed by atoms with Crippen LogP contribution < -0.4 is 5.73 Å². The number of benzene rings is 2. The molecule has 4 heteroatoms. The highest BCUT2D eigenvalue weighted by molar-refractivity contribution is 5.20. The van der Waals surface area contributed by atoms with Gasteiger partial charge >= 0.3 is 0 Å². The van der Waals surface area contributed by atoms with Gasteiger partial charge in [0, 0.05) is 38.6 Å². The van der Waals surface area contributed by atoms with Gasteiger partial charge in [-0.25, -0.2) is 0 Å². The van der Waals surface area contributed by atoms with Crippen molar-refractivity contribution in [1.29, 1.82) is 0 Å². The lowest BCUT2D eigenvalue weighted by atomic mass is 9.82. The van der Waals surface area contributed by atoms with Gasteiger partial charge in [-0.05, 0) is 60.8 Å². The van der Waals surface area contributed by atoms with Crippen molar-refractivity contribution < 1.29 is 4.74 Å². The Morgan fingerprint density at radius 3 is 2.00 bits per heavy atom. The molecule has 0 saturated heterocycles. The molecule has 2 aliphatic rings. The molecule has 1 unspecified atom stereocenters. The van der Waals surface area contributed by atoms with E-state index in [9.17, 15) is 0 Å². The average Bonchev–Trinajstić information content (AvgIpc) is 2.81. The van der Waals surface area contributed by atoms with Crippen LogP contribution in [0.25, 0.3) is 0 Å². The third-order valence-electron chi connectivity index (χ3n) is 6.69. The first-order valence-corrected chi connectivity index (χ1v) is 11.9. The van der Waals surface area contributed by atoms with E-state index in [-0.39, 0.29) is 6.23 Å². The lowest BCUT2D eigenvalue weighted by Gasteiger charge is -2.34. The number of nitrogens with zero attached hydrogens (tertiary/aromatic N) is 2. The molecule has 0 spiro atoms. The summed E-state index contributed by atoms with van der Waals surface area (Å²) in [5, 5.41) is 0. The van der Waals surface area contributed by atoms with E-state index < -0.39 is 0 Å². The summed E-state index contributed by atoms with van der Waals surface area (Å²) in [6, 6.07) is 21.7. The number of rotatable bonds is 9. The molecule has 0 amide bonds. The highest BCUT2D eigenvalue weighted by atomic mass is 16.5. The molecule has 4 rings (SSSR count). The zero-order valence-electron chi connectivity index (χ0n) is 19.3. The molecule has 2 N–H and O–H groups in total. The topological polar surface area (TPSA) is 41.7 Å². The Morgan fingerprint density at radius 1 is 0.875 bits per heavy atom. The Labute approximate surface area is 193 Å². The van der Waals surface area contributed by atoms with Crippen molar-refractivity contribution in [3.8, 4) is 0 Å². The Balaban J connectivity index is 1.26. The van der Waals surface area contributed by atoms with Crippen molar-refractivity contribution >= 4 is 0 Å². The molecule has 1 saturated carbocycles. The molecule has 2 aromatic carbocycles. The van der Waals surface area contributed by atoms with Crippen LogP contribution >= 0.6 is 0 Å². The second-order valence-electron chi connectivity index (χ2n) is 9.41. The third kappa shape index (κ3) is 6.72. The predicted octanol–water partition coefficient (Wildman–Crippen LogP) is 5.14. The summed E-state index contributed by atoms with van der Waals surface area (Å²) in [4.78, 5) is 4.68. The standard InChI is InChI=1S/C28H37N3O/c1-30-21-27(29)16-17-28(30)32-22-26-14-12-25(13-15-26)20-31(18-23-8-4-2-5-9-23)19-24-10-6-3-7-11-24/h2-11,16-17,21,25-26,28H,12-15,18-20,22,29H2,1H3. The smallest absolute Gasteiger partial charge is 0.149 e. The van der Waals surface area contributed by atoms with E-state index in [1.807, 2.05) is 30.3 Å². The molecule has 1 atom stereocenters. The van der Waals surface area contributed by atoms with Gasteiger partial charge < -0.3 is 15.4 Å². The zero-order valence-corrected chi connectivity index (χ0v) is 19.3. The van der Waals surface area contributed by atoms with Crippen LogP contribution in [0.3, 0.4) is 0 Å². The van der Waals surface area contributed by atoms with Crippen LogP contribution in [-0.4, -0.2) is 36.2 Å². The van der Waals surface area contributed by atoms with E-state index in [0.29, 0.717) is 5.92 Å². The summed E-state index contributed by atoms with van der Waals surface area (Å²) in [7, 11) is 2.02. The fourth-order valence-electron chi connectivity index (χ4n) is 4.90. The fourth-order valence-corrected chi connectivity index (χ4v) is 4.90. The van der Waals surface area contributed by atoms with Crippen molar-refractivity contribution in [2.75, 3.05) is 20.2 Å². The maximum Gasteiger partial charge on any atom is 0.149 e. The Bertz CT molecular complexity index is 831. The van der Waals surface area contributed by atoms with Crippen molar-refractivity contribution in [1.82, 2.24) is 9.80 Å². The van der Waals surface area contributed by atoms with Crippen molar-refractivity contribution in [3.05, 3.63) is 95.8 Å². The predicted molar refractivity (Wildman–Crippen MR) is 131 cm³/mol. The van der Waals surface area contributed by atoms with E-state index in [1.165, 1.54) is 36.8 Å². The number of nitrogens with two attached hydrogens (primary N) is 1. The van der Waals surface area contributed by atoms with Crippen molar-refractivity contribution in [3.63, 3.8) is 0 Å².